The van der Waals surface area contributed by atoms with Crippen LogP contribution < -0.4 is 22.6 Å². The van der Waals surface area contributed by atoms with Gasteiger partial charge in [-0.15, -0.1) is 0 Å². The minimum Gasteiger partial charge on any atom is -0.386 e. The second-order valence-corrected chi connectivity index (χ2v) is 16.1. The van der Waals surface area contributed by atoms with Crippen LogP contribution in [0.25, 0.3) is 22.3 Å². The molecule has 0 spiro atoms. The lowest BCUT2D eigenvalue weighted by Gasteiger charge is -2.40. The van der Waals surface area contributed by atoms with Gasteiger partial charge in [-0.1, -0.05) is 24.5 Å². The van der Waals surface area contributed by atoms with Gasteiger partial charge in [0.1, 0.15) is 30.5 Å². The summed E-state index contributed by atoms with van der Waals surface area (Å²) in [6.45, 7) is -10.6. The zero-order valence-corrected chi connectivity index (χ0v) is 26.4. The van der Waals surface area contributed by atoms with Crippen LogP contribution in [0.1, 0.15) is 6.23 Å². The molecular formula is C20H24N10O12P2S2. The first-order chi connectivity index (χ1) is 21.7. The summed E-state index contributed by atoms with van der Waals surface area (Å²) in [5, 5.41) is 23.3. The molecule has 5 unspecified atom stereocenters. The number of thiol groups is 2. The lowest BCUT2D eigenvalue weighted by molar-refractivity contribution is -0.199. The number of nitrogens with one attached hydrogen (secondary N) is 2. The summed E-state index contributed by atoms with van der Waals surface area (Å²) in [6.07, 6.45) is -6.98. The van der Waals surface area contributed by atoms with Gasteiger partial charge in [0.2, 0.25) is 11.9 Å². The lowest BCUT2D eigenvalue weighted by atomic mass is 10.0. The highest BCUT2D eigenvalue weighted by atomic mass is 32.7. The van der Waals surface area contributed by atoms with Crippen LogP contribution in [0, 0.1) is 0 Å². The van der Waals surface area contributed by atoms with Gasteiger partial charge in [-0.05, 0) is 0 Å². The minimum absolute atomic E-state index is 0.0515. The third-order valence-corrected chi connectivity index (χ3v) is 10.7. The summed E-state index contributed by atoms with van der Waals surface area (Å²) in [7, 11) is 0. The highest BCUT2D eigenvalue weighted by Crippen LogP contribution is 2.62. The molecule has 3 fully saturated rings. The molecule has 7 heterocycles. The van der Waals surface area contributed by atoms with Crippen molar-refractivity contribution in [2.75, 3.05) is 31.3 Å². The molecule has 46 heavy (non-hydrogen) atoms. The number of nitrogens with two attached hydrogens (primary N) is 2. The third kappa shape index (κ3) is 5.37. The standard InChI is InChI=1S/C20H24N10O12P2S2/c21-18-25-13-8(15(32)27-18)23-4-29(13)17-10(31)11-6(1-37-17)40-44(36,46)42-12-7(2-39-43(35,45)41-11)38-3-20(12,34)30-5-24-9-14(30)26-19(22)28-16(9)33/h4-7,10-12,17,31,34H,1-3H2,(H,35,45)(H,36,46)(H3,21,25,27,32)(H3,22,26,28,33)/t6-,7?,10?,11?,12?,17-,20?,43+,44+/m1/s1. The van der Waals surface area contributed by atoms with Gasteiger partial charge in [0.05, 0.1) is 32.5 Å². The predicted molar refractivity (Wildman–Crippen MR) is 160 cm³/mol. The van der Waals surface area contributed by atoms with E-state index < -0.39 is 87.0 Å². The summed E-state index contributed by atoms with van der Waals surface area (Å²) >= 11 is 8.12. The number of nitrogens with zero attached hydrogens (tertiary/aromatic N) is 6. The second-order valence-electron chi connectivity index (χ2n) is 10.4. The minimum atomic E-state index is -4.57. The quantitative estimate of drug-likeness (QED) is 0.0872. The Morgan fingerprint density at radius 3 is 2.28 bits per heavy atom. The number of hydrogen-bond donors (Lipinski definition) is 8. The first kappa shape index (κ1) is 31.7. The first-order valence-corrected chi connectivity index (χ1v) is 18.5. The molecular weight excluding hydrogens is 698 g/mol. The van der Waals surface area contributed by atoms with Gasteiger partial charge in [0, 0.05) is 0 Å². The van der Waals surface area contributed by atoms with Crippen molar-refractivity contribution >= 4 is 72.3 Å². The largest absolute Gasteiger partial charge is 0.387 e. The average molecular weight is 723 g/mol. The lowest BCUT2D eigenvalue weighted by Crippen LogP contribution is -2.52. The third-order valence-electron chi connectivity index (χ3n) is 7.47. The van der Waals surface area contributed by atoms with Crippen molar-refractivity contribution < 1.29 is 46.9 Å². The van der Waals surface area contributed by atoms with Gasteiger partial charge in [0.15, 0.2) is 34.3 Å². The van der Waals surface area contributed by atoms with E-state index in [0.717, 1.165) is 17.2 Å². The number of imidazole rings is 2. The number of hydrogen-bond acceptors (Lipinski definition) is 18. The number of aliphatic hydroxyl groups is 2. The van der Waals surface area contributed by atoms with E-state index in [0.29, 0.717) is 0 Å². The van der Waals surface area contributed by atoms with Crippen LogP contribution >= 0.6 is 38.1 Å². The van der Waals surface area contributed by atoms with Crippen LogP contribution in [-0.4, -0.2) is 99.6 Å². The van der Waals surface area contributed by atoms with Gasteiger partial charge >= 0.3 is 13.6 Å². The van der Waals surface area contributed by atoms with Crippen molar-refractivity contribution in [3.8, 4) is 0 Å². The molecule has 26 heteroatoms. The maximum Gasteiger partial charge on any atom is 0.387 e. The molecule has 0 saturated carbocycles. The number of rotatable bonds is 2. The SMILES string of the molecule is Nc1nc2c(ncn2[C@@H]2OC[C@H]3O[P@](=O)(S)OC4C(CO[P@](=O)(S)OC3C2O)OCC4(O)n2cnc3c(=O)[nH]c(N)nc32)c(=O)[nH]1. The number of aromatic nitrogens is 8. The van der Waals surface area contributed by atoms with Gasteiger partial charge in [0.25, 0.3) is 11.1 Å². The van der Waals surface area contributed by atoms with Crippen molar-refractivity contribution in [2.45, 2.75) is 42.5 Å². The van der Waals surface area contributed by atoms with E-state index in [1.165, 1.54) is 4.57 Å². The molecule has 3 aliphatic heterocycles. The van der Waals surface area contributed by atoms with E-state index >= 15 is 0 Å². The summed E-state index contributed by atoms with van der Waals surface area (Å²) in [4.78, 5) is 45.3. The van der Waals surface area contributed by atoms with Crippen molar-refractivity contribution in [1.82, 2.24) is 39.0 Å². The van der Waals surface area contributed by atoms with E-state index in [-0.39, 0.29) is 34.2 Å². The van der Waals surface area contributed by atoms with E-state index in [1.54, 1.807) is 0 Å². The molecule has 22 nitrogen and oxygen atoms in total. The Kier molecular flexibility index (Phi) is 7.66. The molecule has 3 aliphatic rings. The van der Waals surface area contributed by atoms with Crippen LogP contribution in [0.15, 0.2) is 22.2 Å². The monoisotopic (exact) mass is 722 g/mol. The summed E-state index contributed by atoms with van der Waals surface area (Å²) < 4.78 is 63.4. The number of nitrogen functional groups attached to an aromatic ring is 2. The highest BCUT2D eigenvalue weighted by Gasteiger charge is 2.57. The maximum absolute atomic E-state index is 13.8. The molecule has 9 atom stereocenters. The van der Waals surface area contributed by atoms with Gasteiger partial charge in [-0.25, -0.2) is 19.1 Å². The van der Waals surface area contributed by atoms with Crippen LogP contribution in [-0.2, 0) is 42.4 Å². The van der Waals surface area contributed by atoms with E-state index in [1.807, 2.05) is 0 Å². The maximum atomic E-state index is 13.8. The summed E-state index contributed by atoms with van der Waals surface area (Å²) in [6, 6.07) is 0. The molecule has 0 aromatic carbocycles. The topological polar surface area (TPSA) is 309 Å². The zero-order chi connectivity index (χ0) is 32.8. The molecule has 4 aromatic rings. The normalized spacial score (nSPS) is 37.1. The smallest absolute Gasteiger partial charge is 0.386 e. The van der Waals surface area contributed by atoms with E-state index in [9.17, 15) is 28.9 Å². The Balaban J connectivity index is 1.23. The average Bonchev–Trinajstić information content (AvgIpc) is 3.66. The Bertz CT molecular complexity index is 2070. The number of aromatic amines is 2. The van der Waals surface area contributed by atoms with Gasteiger partial charge in [-0.3, -0.25) is 46.8 Å². The molecule has 0 bridgehead atoms. The number of fused-ring (bicyclic) bond motifs is 4. The first-order valence-electron chi connectivity index (χ1n) is 13.1. The fourth-order valence-corrected chi connectivity index (χ4v) is 8.78. The fourth-order valence-electron chi connectivity index (χ4n) is 5.46. The van der Waals surface area contributed by atoms with Crippen LogP contribution in [0.3, 0.4) is 0 Å². The number of aliphatic hydroxyl groups excluding tert-OH is 1. The van der Waals surface area contributed by atoms with Crippen molar-refractivity contribution in [1.29, 1.82) is 0 Å². The highest BCUT2D eigenvalue weighted by molar-refractivity contribution is 8.44. The second kappa shape index (κ2) is 11.1. The van der Waals surface area contributed by atoms with Crippen molar-refractivity contribution in [3.63, 3.8) is 0 Å². The summed E-state index contributed by atoms with van der Waals surface area (Å²) in [5.74, 6) is -0.517. The molecule has 0 aliphatic carbocycles. The molecule has 4 aromatic heterocycles. The van der Waals surface area contributed by atoms with Crippen molar-refractivity contribution in [3.05, 3.63) is 33.4 Å². The number of ether oxygens (including phenoxy) is 2. The van der Waals surface area contributed by atoms with Crippen LogP contribution in [0.2, 0.25) is 0 Å². The Hall–Kier alpha value is -2.86. The van der Waals surface area contributed by atoms with Crippen LogP contribution in [0.5, 0.6) is 0 Å². The Morgan fingerprint density at radius 1 is 0.913 bits per heavy atom. The molecule has 0 radical (unpaired) electrons. The Morgan fingerprint density at radius 2 is 1.57 bits per heavy atom. The van der Waals surface area contributed by atoms with Crippen molar-refractivity contribution in [2.24, 2.45) is 0 Å². The molecule has 7 rings (SSSR count). The number of anilines is 2. The predicted octanol–water partition coefficient (Wildman–Crippen LogP) is -1.39. The summed E-state index contributed by atoms with van der Waals surface area (Å²) in [5.41, 5.74) is 7.24. The molecule has 248 valence electrons. The van der Waals surface area contributed by atoms with E-state index in [4.69, 9.17) is 39.0 Å². The zero-order valence-electron chi connectivity index (χ0n) is 22.8. The number of H-pyrrole nitrogens is 2. The van der Waals surface area contributed by atoms with Crippen LogP contribution in [0.4, 0.5) is 11.9 Å². The van der Waals surface area contributed by atoms with E-state index in [2.05, 4.69) is 54.4 Å². The molecule has 3 saturated heterocycles. The Labute approximate surface area is 265 Å². The van der Waals surface area contributed by atoms with Gasteiger partial charge in [-0.2, -0.15) is 9.97 Å². The molecule has 0 amide bonds. The molecule has 8 N–H and O–H groups in total. The fraction of sp³-hybridized carbons (Fsp3) is 0.500. The van der Waals surface area contributed by atoms with Gasteiger partial charge < -0.3 is 31.2 Å².